The summed E-state index contributed by atoms with van der Waals surface area (Å²) in [6, 6.07) is 3.50. The van der Waals surface area contributed by atoms with Gasteiger partial charge in [0.2, 0.25) is 0 Å². The number of sulfonamides is 1. The van der Waals surface area contributed by atoms with E-state index in [1.54, 1.807) is 13.0 Å². The molecule has 0 unspecified atom stereocenters. The zero-order valence-electron chi connectivity index (χ0n) is 10.6. The molecule has 2 rings (SSSR count). The van der Waals surface area contributed by atoms with Crippen molar-refractivity contribution in [3.05, 3.63) is 16.0 Å². The van der Waals surface area contributed by atoms with E-state index in [-0.39, 0.29) is 16.8 Å². The molecule has 1 fully saturated rings. The molecule has 0 amide bonds. The van der Waals surface area contributed by atoms with E-state index in [0.29, 0.717) is 4.34 Å². The summed E-state index contributed by atoms with van der Waals surface area (Å²) in [7, 11) is -3.60. The third kappa shape index (κ3) is 2.95. The van der Waals surface area contributed by atoms with Crippen LogP contribution in [0.3, 0.4) is 0 Å². The van der Waals surface area contributed by atoms with Gasteiger partial charge in [-0.25, -0.2) is 8.42 Å². The van der Waals surface area contributed by atoms with Crippen LogP contribution in [-0.2, 0) is 10.0 Å². The second kappa shape index (κ2) is 5.80. The molecular weight excluding hydrogens is 304 g/mol. The maximum atomic E-state index is 12.6. The summed E-state index contributed by atoms with van der Waals surface area (Å²) < 4.78 is 27.3. The van der Waals surface area contributed by atoms with E-state index in [9.17, 15) is 8.42 Å². The molecule has 19 heavy (non-hydrogen) atoms. The fourth-order valence-corrected chi connectivity index (χ4v) is 5.77. The van der Waals surface area contributed by atoms with E-state index in [1.807, 2.05) is 6.07 Å². The Kier molecular flexibility index (Phi) is 4.51. The monoisotopic (exact) mass is 318 g/mol. The number of aryl methyl sites for hydroxylation is 1. The van der Waals surface area contributed by atoms with Crippen LogP contribution in [0.5, 0.6) is 0 Å². The van der Waals surface area contributed by atoms with Crippen molar-refractivity contribution >= 4 is 33.0 Å². The van der Waals surface area contributed by atoms with Crippen LogP contribution in [0.4, 0.5) is 0 Å². The van der Waals surface area contributed by atoms with Crippen molar-refractivity contribution in [3.8, 4) is 6.07 Å². The lowest BCUT2D eigenvalue weighted by atomic mass is 10.2. The van der Waals surface area contributed by atoms with Crippen molar-refractivity contribution in [2.45, 2.75) is 42.9 Å². The van der Waals surface area contributed by atoms with Crippen LogP contribution in [0.2, 0.25) is 4.34 Å². The highest BCUT2D eigenvalue weighted by molar-refractivity contribution is 7.91. The van der Waals surface area contributed by atoms with Crippen LogP contribution >= 0.6 is 22.9 Å². The average molecular weight is 319 g/mol. The highest BCUT2D eigenvalue weighted by atomic mass is 35.5. The minimum Gasteiger partial charge on any atom is -0.206 e. The Labute approximate surface area is 122 Å². The molecule has 0 spiro atoms. The zero-order valence-corrected chi connectivity index (χ0v) is 13.0. The van der Waals surface area contributed by atoms with E-state index >= 15 is 0 Å². The molecule has 1 aromatic rings. The maximum Gasteiger partial charge on any atom is 0.253 e. The molecule has 0 saturated heterocycles. The molecule has 0 bridgehead atoms. The standard InChI is InChI=1S/C12H15ClN2O2S2/c1-9-8-11(18-12(9)13)19(16,17)15(7-6-14)10-4-2-3-5-10/h8,10H,2-5,7H2,1H3. The Hall–Kier alpha value is -0.610. The van der Waals surface area contributed by atoms with Crippen LogP contribution in [0.15, 0.2) is 10.3 Å². The van der Waals surface area contributed by atoms with E-state index in [2.05, 4.69) is 0 Å². The van der Waals surface area contributed by atoms with Gasteiger partial charge >= 0.3 is 0 Å². The summed E-state index contributed by atoms with van der Waals surface area (Å²) in [6.07, 6.45) is 3.71. The topological polar surface area (TPSA) is 61.2 Å². The van der Waals surface area contributed by atoms with E-state index in [4.69, 9.17) is 16.9 Å². The molecule has 7 heteroatoms. The smallest absolute Gasteiger partial charge is 0.206 e. The largest absolute Gasteiger partial charge is 0.253 e. The Morgan fingerprint density at radius 1 is 1.53 bits per heavy atom. The fourth-order valence-electron chi connectivity index (χ4n) is 2.35. The number of hydrogen-bond donors (Lipinski definition) is 0. The molecule has 1 aliphatic carbocycles. The Bertz CT molecular complexity index is 578. The van der Waals surface area contributed by atoms with Crippen molar-refractivity contribution < 1.29 is 8.42 Å². The van der Waals surface area contributed by atoms with Gasteiger partial charge in [-0.15, -0.1) is 11.3 Å². The van der Waals surface area contributed by atoms with Gasteiger partial charge in [-0.05, 0) is 31.4 Å². The molecule has 0 aliphatic heterocycles. The molecule has 0 atom stereocenters. The third-order valence-electron chi connectivity index (χ3n) is 3.36. The van der Waals surface area contributed by atoms with Crippen molar-refractivity contribution in [2.24, 2.45) is 0 Å². The Morgan fingerprint density at radius 3 is 2.63 bits per heavy atom. The predicted molar refractivity (Wildman–Crippen MR) is 75.8 cm³/mol. The predicted octanol–water partition coefficient (Wildman–Crippen LogP) is 3.17. The van der Waals surface area contributed by atoms with E-state index < -0.39 is 10.0 Å². The quantitative estimate of drug-likeness (QED) is 0.801. The first-order valence-corrected chi connectivity index (χ1v) is 8.75. The van der Waals surface area contributed by atoms with Gasteiger partial charge in [0.05, 0.1) is 10.4 Å². The second-order valence-electron chi connectivity index (χ2n) is 4.67. The Morgan fingerprint density at radius 2 is 2.16 bits per heavy atom. The summed E-state index contributed by atoms with van der Waals surface area (Å²) in [5.41, 5.74) is 0.758. The minimum absolute atomic E-state index is 0.0502. The minimum atomic E-state index is -3.60. The number of rotatable bonds is 4. The second-order valence-corrected chi connectivity index (χ2v) is 8.44. The molecule has 4 nitrogen and oxygen atoms in total. The van der Waals surface area contributed by atoms with Crippen LogP contribution in [0.25, 0.3) is 0 Å². The highest BCUT2D eigenvalue weighted by Crippen LogP contribution is 2.34. The molecule has 1 aromatic heterocycles. The number of hydrogen-bond acceptors (Lipinski definition) is 4. The number of halogens is 1. The van der Waals surface area contributed by atoms with Crippen LogP contribution in [-0.4, -0.2) is 25.3 Å². The molecule has 104 valence electrons. The van der Waals surface area contributed by atoms with Gasteiger partial charge in [0, 0.05) is 6.04 Å². The highest BCUT2D eigenvalue weighted by Gasteiger charge is 2.34. The molecule has 1 saturated carbocycles. The first-order chi connectivity index (χ1) is 8.96. The molecular formula is C12H15ClN2O2S2. The van der Waals surface area contributed by atoms with Crippen LogP contribution < -0.4 is 0 Å². The van der Waals surface area contributed by atoms with Crippen LogP contribution in [0, 0.1) is 18.3 Å². The fraction of sp³-hybridized carbons (Fsp3) is 0.583. The van der Waals surface area contributed by atoms with E-state index in [1.165, 1.54) is 4.31 Å². The summed E-state index contributed by atoms with van der Waals surface area (Å²) in [6.45, 7) is 1.68. The number of nitriles is 1. The molecule has 0 radical (unpaired) electrons. The van der Waals surface area contributed by atoms with Gasteiger partial charge in [-0.2, -0.15) is 9.57 Å². The van der Waals surface area contributed by atoms with Gasteiger partial charge in [-0.1, -0.05) is 24.4 Å². The average Bonchev–Trinajstić information content (AvgIpc) is 2.97. The lowest BCUT2D eigenvalue weighted by Gasteiger charge is -2.24. The summed E-state index contributed by atoms with van der Waals surface area (Å²) in [5.74, 6) is 0. The van der Waals surface area contributed by atoms with Gasteiger partial charge in [0.25, 0.3) is 10.0 Å². The van der Waals surface area contributed by atoms with E-state index in [0.717, 1.165) is 42.6 Å². The third-order valence-corrected chi connectivity index (χ3v) is 7.26. The van der Waals surface area contributed by atoms with Crippen molar-refractivity contribution in [1.29, 1.82) is 5.26 Å². The zero-order chi connectivity index (χ0) is 14.0. The van der Waals surface area contributed by atoms with Gasteiger partial charge in [-0.3, -0.25) is 0 Å². The molecule has 1 heterocycles. The van der Waals surface area contributed by atoms with Gasteiger partial charge in [0.15, 0.2) is 0 Å². The van der Waals surface area contributed by atoms with Crippen molar-refractivity contribution in [1.82, 2.24) is 4.31 Å². The maximum absolute atomic E-state index is 12.6. The molecule has 0 aromatic carbocycles. The lowest BCUT2D eigenvalue weighted by Crippen LogP contribution is -2.38. The van der Waals surface area contributed by atoms with Crippen molar-refractivity contribution in [2.75, 3.05) is 6.54 Å². The first kappa shape index (κ1) is 14.8. The lowest BCUT2D eigenvalue weighted by molar-refractivity contribution is 0.351. The molecule has 0 N–H and O–H groups in total. The number of thiophene rings is 1. The Balaban J connectivity index is 2.36. The first-order valence-electron chi connectivity index (χ1n) is 6.11. The summed E-state index contributed by atoms with van der Waals surface area (Å²) in [5, 5.41) is 8.89. The summed E-state index contributed by atoms with van der Waals surface area (Å²) >= 11 is 7.01. The number of nitrogens with zero attached hydrogens (tertiary/aromatic N) is 2. The normalized spacial score (nSPS) is 16.9. The van der Waals surface area contributed by atoms with Crippen molar-refractivity contribution in [3.63, 3.8) is 0 Å². The van der Waals surface area contributed by atoms with Crippen LogP contribution in [0.1, 0.15) is 31.2 Å². The molecule has 1 aliphatic rings. The SMILES string of the molecule is Cc1cc(S(=O)(=O)N(CC#N)C2CCCC2)sc1Cl. The summed E-state index contributed by atoms with van der Waals surface area (Å²) in [4.78, 5) is 0. The van der Waals surface area contributed by atoms with Gasteiger partial charge in [0.1, 0.15) is 10.8 Å². The van der Waals surface area contributed by atoms with Gasteiger partial charge < -0.3 is 0 Å².